The maximum absolute atomic E-state index is 12.5. The molecule has 0 aliphatic heterocycles. The molecule has 3 amide bonds. The standard InChI is InChI=1S/C16H29N3O6/c1-10(13(21)17-9-12(20)24-8)18(6)14(22)11(2)19(7)15(23)25-16(3,4)5/h10-11H,9H2,1-8H3,(H,17,21)/t10-,11?/m1/s1. The summed E-state index contributed by atoms with van der Waals surface area (Å²) in [5.41, 5.74) is -0.679. The van der Waals surface area contributed by atoms with Gasteiger partial charge in [0.25, 0.3) is 0 Å². The molecule has 1 N–H and O–H groups in total. The second-order valence-corrected chi connectivity index (χ2v) is 6.69. The number of hydrogen-bond donors (Lipinski definition) is 1. The molecule has 0 aliphatic rings. The highest BCUT2D eigenvalue weighted by atomic mass is 16.6. The number of likely N-dealkylation sites (N-methyl/N-ethyl adjacent to an activating group) is 2. The second kappa shape index (κ2) is 9.24. The average Bonchev–Trinajstić information content (AvgIpc) is 2.53. The first-order valence-corrected chi connectivity index (χ1v) is 7.88. The molecule has 0 radical (unpaired) electrons. The first-order valence-electron chi connectivity index (χ1n) is 7.88. The molecule has 0 fully saturated rings. The number of carbonyl (C=O) groups excluding carboxylic acids is 4. The smallest absolute Gasteiger partial charge is 0.410 e. The van der Waals surface area contributed by atoms with Crippen LogP contribution < -0.4 is 5.32 Å². The van der Waals surface area contributed by atoms with Gasteiger partial charge in [0.15, 0.2) is 0 Å². The first-order chi connectivity index (χ1) is 11.3. The van der Waals surface area contributed by atoms with Crippen LogP contribution >= 0.6 is 0 Å². The molecule has 2 atom stereocenters. The number of nitrogens with one attached hydrogen (secondary N) is 1. The van der Waals surface area contributed by atoms with Gasteiger partial charge in [0.05, 0.1) is 7.11 Å². The zero-order valence-corrected chi connectivity index (χ0v) is 16.2. The number of rotatable bonds is 6. The molecule has 1 unspecified atom stereocenters. The summed E-state index contributed by atoms with van der Waals surface area (Å²) in [6.07, 6.45) is -0.635. The van der Waals surface area contributed by atoms with E-state index >= 15 is 0 Å². The molecular formula is C16H29N3O6. The molecule has 9 nitrogen and oxygen atoms in total. The van der Waals surface area contributed by atoms with Crippen LogP contribution in [0.4, 0.5) is 4.79 Å². The monoisotopic (exact) mass is 359 g/mol. The van der Waals surface area contributed by atoms with Crippen molar-refractivity contribution in [3.05, 3.63) is 0 Å². The molecule has 0 spiro atoms. The van der Waals surface area contributed by atoms with Crippen molar-refractivity contribution < 1.29 is 28.7 Å². The van der Waals surface area contributed by atoms with Crippen molar-refractivity contribution in [2.24, 2.45) is 0 Å². The number of methoxy groups -OCH3 is 1. The van der Waals surface area contributed by atoms with Gasteiger partial charge in [0, 0.05) is 14.1 Å². The van der Waals surface area contributed by atoms with Crippen LogP contribution in [0, 0.1) is 0 Å². The lowest BCUT2D eigenvalue weighted by molar-refractivity contribution is -0.144. The van der Waals surface area contributed by atoms with E-state index in [-0.39, 0.29) is 6.54 Å². The third-order valence-electron chi connectivity index (χ3n) is 3.56. The number of amides is 3. The Morgan fingerprint density at radius 2 is 1.52 bits per heavy atom. The zero-order chi connectivity index (χ0) is 19.9. The lowest BCUT2D eigenvalue weighted by atomic mass is 10.2. The topological polar surface area (TPSA) is 105 Å². The molecule has 0 aliphatic carbocycles. The Bertz CT molecular complexity index is 514. The van der Waals surface area contributed by atoms with Crippen molar-refractivity contribution in [2.75, 3.05) is 27.7 Å². The molecular weight excluding hydrogens is 330 g/mol. The zero-order valence-electron chi connectivity index (χ0n) is 16.2. The van der Waals surface area contributed by atoms with Crippen LogP contribution in [0.5, 0.6) is 0 Å². The van der Waals surface area contributed by atoms with Crippen LogP contribution in [-0.4, -0.2) is 79.1 Å². The van der Waals surface area contributed by atoms with Crippen molar-refractivity contribution in [1.29, 1.82) is 0 Å². The lowest BCUT2D eigenvalue weighted by Crippen LogP contribution is -2.53. The van der Waals surface area contributed by atoms with E-state index in [1.54, 1.807) is 27.7 Å². The summed E-state index contributed by atoms with van der Waals surface area (Å²) in [5.74, 6) is -1.53. The Labute approximate surface area is 148 Å². The number of nitrogens with zero attached hydrogens (tertiary/aromatic N) is 2. The van der Waals surface area contributed by atoms with Gasteiger partial charge < -0.3 is 19.7 Å². The van der Waals surface area contributed by atoms with E-state index in [1.165, 1.54) is 37.9 Å². The van der Waals surface area contributed by atoms with E-state index in [1.807, 2.05) is 0 Å². The highest BCUT2D eigenvalue weighted by molar-refractivity contribution is 5.91. The van der Waals surface area contributed by atoms with Gasteiger partial charge in [-0.25, -0.2) is 4.79 Å². The fraction of sp³-hybridized carbons (Fsp3) is 0.750. The second-order valence-electron chi connectivity index (χ2n) is 6.69. The van der Waals surface area contributed by atoms with Crippen molar-refractivity contribution >= 4 is 23.9 Å². The predicted molar refractivity (Wildman–Crippen MR) is 90.7 cm³/mol. The van der Waals surface area contributed by atoms with Crippen LogP contribution in [0.2, 0.25) is 0 Å². The maximum atomic E-state index is 12.5. The quantitative estimate of drug-likeness (QED) is 0.687. The van der Waals surface area contributed by atoms with Gasteiger partial charge in [-0.1, -0.05) is 0 Å². The molecule has 0 saturated carbocycles. The Morgan fingerprint density at radius 1 is 1.00 bits per heavy atom. The minimum absolute atomic E-state index is 0.283. The average molecular weight is 359 g/mol. The van der Waals surface area contributed by atoms with E-state index in [0.29, 0.717) is 0 Å². The van der Waals surface area contributed by atoms with Crippen LogP contribution in [0.3, 0.4) is 0 Å². The van der Waals surface area contributed by atoms with Crippen LogP contribution in [0.25, 0.3) is 0 Å². The lowest BCUT2D eigenvalue weighted by Gasteiger charge is -2.32. The van der Waals surface area contributed by atoms with E-state index < -0.39 is 41.6 Å². The molecule has 0 rings (SSSR count). The molecule has 0 heterocycles. The molecule has 0 aromatic rings. The molecule has 0 bridgehead atoms. The fourth-order valence-electron chi connectivity index (χ4n) is 1.70. The molecule has 0 aromatic carbocycles. The Kier molecular flexibility index (Phi) is 8.38. The van der Waals surface area contributed by atoms with E-state index in [0.717, 1.165) is 0 Å². The Hall–Kier alpha value is -2.32. The highest BCUT2D eigenvalue weighted by Gasteiger charge is 2.32. The number of hydrogen-bond acceptors (Lipinski definition) is 6. The summed E-state index contributed by atoms with van der Waals surface area (Å²) >= 11 is 0. The molecule has 9 heteroatoms. The highest BCUT2D eigenvalue weighted by Crippen LogP contribution is 2.12. The minimum atomic E-state index is -0.827. The third kappa shape index (κ3) is 7.40. The molecule has 144 valence electrons. The predicted octanol–water partition coefficient (Wildman–Crippen LogP) is 0.378. The largest absolute Gasteiger partial charge is 0.468 e. The molecule has 25 heavy (non-hydrogen) atoms. The normalized spacial score (nSPS) is 13.3. The first kappa shape index (κ1) is 22.7. The van der Waals surface area contributed by atoms with Crippen molar-refractivity contribution in [1.82, 2.24) is 15.1 Å². The Balaban J connectivity index is 4.81. The van der Waals surface area contributed by atoms with Crippen LogP contribution in [0.1, 0.15) is 34.6 Å². The van der Waals surface area contributed by atoms with Crippen molar-refractivity contribution in [3.8, 4) is 0 Å². The van der Waals surface area contributed by atoms with Gasteiger partial charge in [-0.15, -0.1) is 0 Å². The molecule has 0 aromatic heterocycles. The van der Waals surface area contributed by atoms with Gasteiger partial charge >= 0.3 is 12.1 Å². The fourth-order valence-corrected chi connectivity index (χ4v) is 1.70. The summed E-state index contributed by atoms with van der Waals surface area (Å²) in [6.45, 7) is 7.96. The van der Waals surface area contributed by atoms with E-state index in [9.17, 15) is 19.2 Å². The summed E-state index contributed by atoms with van der Waals surface area (Å²) in [7, 11) is 4.11. The number of esters is 1. The third-order valence-corrected chi connectivity index (χ3v) is 3.56. The maximum Gasteiger partial charge on any atom is 0.410 e. The SMILES string of the molecule is COC(=O)CNC(=O)[C@@H](C)N(C)C(=O)C(C)N(C)C(=O)OC(C)(C)C. The summed E-state index contributed by atoms with van der Waals surface area (Å²) in [4.78, 5) is 50.0. The van der Waals surface area contributed by atoms with Crippen molar-refractivity contribution in [3.63, 3.8) is 0 Å². The molecule has 0 saturated heterocycles. The summed E-state index contributed by atoms with van der Waals surface area (Å²) in [5, 5.41) is 2.38. The van der Waals surface area contributed by atoms with Gasteiger partial charge in [-0.3, -0.25) is 19.3 Å². The minimum Gasteiger partial charge on any atom is -0.468 e. The Morgan fingerprint density at radius 3 is 1.96 bits per heavy atom. The van der Waals surface area contributed by atoms with Gasteiger partial charge in [-0.2, -0.15) is 0 Å². The number of carbonyl (C=O) groups is 4. The number of ether oxygens (including phenoxy) is 2. The van der Waals surface area contributed by atoms with Crippen molar-refractivity contribution in [2.45, 2.75) is 52.3 Å². The van der Waals surface area contributed by atoms with Gasteiger partial charge in [-0.05, 0) is 34.6 Å². The van der Waals surface area contributed by atoms with Gasteiger partial charge in [0.1, 0.15) is 24.2 Å². The summed E-state index contributed by atoms with van der Waals surface area (Å²) in [6, 6.07) is -1.65. The van der Waals surface area contributed by atoms with E-state index in [2.05, 4.69) is 10.1 Å². The van der Waals surface area contributed by atoms with E-state index in [4.69, 9.17) is 4.74 Å². The van der Waals surface area contributed by atoms with Crippen LogP contribution in [-0.2, 0) is 23.9 Å². The van der Waals surface area contributed by atoms with Gasteiger partial charge in [0.2, 0.25) is 11.8 Å². The summed E-state index contributed by atoms with van der Waals surface area (Å²) < 4.78 is 9.65. The van der Waals surface area contributed by atoms with Crippen LogP contribution in [0.15, 0.2) is 0 Å².